The molecular formula is C11H11F2NO. The fourth-order valence-corrected chi connectivity index (χ4v) is 1.88. The third-order valence-electron chi connectivity index (χ3n) is 2.69. The minimum Gasteiger partial charge on any atom is -0.382 e. The number of hydrogen-bond acceptors (Lipinski definition) is 2. The molecule has 15 heavy (non-hydrogen) atoms. The second-order valence-corrected chi connectivity index (χ2v) is 3.82. The number of carbonyl (C=O) groups excluding carboxylic acids is 1. The van der Waals surface area contributed by atoms with Crippen LogP contribution in [0.4, 0.5) is 14.5 Å². The van der Waals surface area contributed by atoms with Crippen LogP contribution in [0.1, 0.15) is 29.3 Å². The van der Waals surface area contributed by atoms with Crippen LogP contribution in [0.15, 0.2) is 6.07 Å². The van der Waals surface area contributed by atoms with E-state index >= 15 is 0 Å². The van der Waals surface area contributed by atoms with E-state index in [0.717, 1.165) is 12.5 Å². The fourth-order valence-electron chi connectivity index (χ4n) is 1.88. The molecule has 1 atom stereocenters. The van der Waals surface area contributed by atoms with Gasteiger partial charge >= 0.3 is 0 Å². The smallest absolute Gasteiger partial charge is 0.164 e. The molecule has 4 heteroatoms. The Morgan fingerprint density at radius 2 is 2.27 bits per heavy atom. The number of nitrogens with one attached hydrogen (secondary N) is 1. The van der Waals surface area contributed by atoms with Crippen molar-refractivity contribution >= 4 is 12.0 Å². The van der Waals surface area contributed by atoms with Gasteiger partial charge in [-0.05, 0) is 25.8 Å². The van der Waals surface area contributed by atoms with Crippen molar-refractivity contribution in [1.29, 1.82) is 0 Å². The van der Waals surface area contributed by atoms with Crippen LogP contribution in [0, 0.1) is 11.6 Å². The summed E-state index contributed by atoms with van der Waals surface area (Å²) in [5.41, 5.74) is 0.924. The molecule has 1 aromatic carbocycles. The first-order chi connectivity index (χ1) is 7.13. The van der Waals surface area contributed by atoms with Crippen LogP contribution >= 0.6 is 0 Å². The van der Waals surface area contributed by atoms with Crippen LogP contribution in [0.2, 0.25) is 0 Å². The molecule has 0 radical (unpaired) electrons. The zero-order valence-electron chi connectivity index (χ0n) is 8.31. The van der Waals surface area contributed by atoms with Gasteiger partial charge in [-0.1, -0.05) is 0 Å². The fraction of sp³-hybridized carbons (Fsp3) is 0.364. The van der Waals surface area contributed by atoms with Gasteiger partial charge in [0.05, 0.1) is 5.69 Å². The Hall–Kier alpha value is -1.45. The molecular weight excluding hydrogens is 200 g/mol. The number of benzene rings is 1. The van der Waals surface area contributed by atoms with E-state index in [1.54, 1.807) is 0 Å². The lowest BCUT2D eigenvalue weighted by Crippen LogP contribution is -2.24. The highest BCUT2D eigenvalue weighted by Gasteiger charge is 2.23. The molecule has 0 aliphatic carbocycles. The number of halogens is 2. The molecule has 2 rings (SSSR count). The highest BCUT2D eigenvalue weighted by atomic mass is 19.2. The average Bonchev–Trinajstić information content (AvgIpc) is 2.23. The molecule has 1 unspecified atom stereocenters. The van der Waals surface area contributed by atoms with Crippen LogP contribution in [0.25, 0.3) is 0 Å². The summed E-state index contributed by atoms with van der Waals surface area (Å²) in [5.74, 6) is -1.79. The topological polar surface area (TPSA) is 29.1 Å². The predicted molar refractivity (Wildman–Crippen MR) is 53.2 cm³/mol. The van der Waals surface area contributed by atoms with Crippen LogP contribution in [-0.4, -0.2) is 12.3 Å². The Kier molecular flexibility index (Phi) is 2.42. The minimum atomic E-state index is -0.952. The molecule has 1 heterocycles. The monoisotopic (exact) mass is 211 g/mol. The summed E-state index contributed by atoms with van der Waals surface area (Å²) in [5, 5.41) is 3.01. The lowest BCUT2D eigenvalue weighted by Gasteiger charge is -2.25. The SMILES string of the molecule is CC1CCc2c(F)c(F)cc(C=O)c2N1. The normalized spacial score (nSPS) is 19.3. The lowest BCUT2D eigenvalue weighted by molar-refractivity contribution is 0.112. The molecule has 0 spiro atoms. The summed E-state index contributed by atoms with van der Waals surface area (Å²) in [6.07, 6.45) is 1.76. The lowest BCUT2D eigenvalue weighted by atomic mass is 9.95. The molecule has 1 aromatic rings. The summed E-state index contributed by atoms with van der Waals surface area (Å²) in [7, 11) is 0. The highest BCUT2D eigenvalue weighted by molar-refractivity contribution is 5.86. The highest BCUT2D eigenvalue weighted by Crippen LogP contribution is 2.31. The molecule has 0 fully saturated rings. The van der Waals surface area contributed by atoms with Gasteiger partial charge in [0, 0.05) is 17.2 Å². The quantitative estimate of drug-likeness (QED) is 0.723. The third-order valence-corrected chi connectivity index (χ3v) is 2.69. The van der Waals surface area contributed by atoms with Crippen LogP contribution in [0.5, 0.6) is 0 Å². The largest absolute Gasteiger partial charge is 0.382 e. The van der Waals surface area contributed by atoms with E-state index < -0.39 is 11.6 Å². The van der Waals surface area contributed by atoms with E-state index in [-0.39, 0.29) is 17.2 Å². The van der Waals surface area contributed by atoms with Crippen molar-refractivity contribution in [3.63, 3.8) is 0 Å². The Bertz CT molecular complexity index is 418. The number of rotatable bonds is 1. The van der Waals surface area contributed by atoms with Gasteiger partial charge in [0.2, 0.25) is 0 Å². The first-order valence-electron chi connectivity index (χ1n) is 4.86. The summed E-state index contributed by atoms with van der Waals surface area (Å²) in [4.78, 5) is 10.7. The number of aldehydes is 1. The summed E-state index contributed by atoms with van der Waals surface area (Å²) in [6, 6.07) is 1.12. The first-order valence-corrected chi connectivity index (χ1v) is 4.86. The van der Waals surface area contributed by atoms with Gasteiger partial charge in [-0.25, -0.2) is 8.78 Å². The van der Waals surface area contributed by atoms with Gasteiger partial charge in [-0.2, -0.15) is 0 Å². The number of hydrogen-bond donors (Lipinski definition) is 1. The van der Waals surface area contributed by atoms with E-state index in [9.17, 15) is 13.6 Å². The maximum Gasteiger partial charge on any atom is 0.164 e. The number of carbonyl (C=O) groups is 1. The van der Waals surface area contributed by atoms with Gasteiger partial charge < -0.3 is 5.32 Å². The van der Waals surface area contributed by atoms with Crippen molar-refractivity contribution in [3.8, 4) is 0 Å². The summed E-state index contributed by atoms with van der Waals surface area (Å²) in [6.45, 7) is 1.94. The second-order valence-electron chi connectivity index (χ2n) is 3.82. The zero-order valence-corrected chi connectivity index (χ0v) is 8.31. The average molecular weight is 211 g/mol. The van der Waals surface area contributed by atoms with Crippen molar-refractivity contribution in [2.24, 2.45) is 0 Å². The van der Waals surface area contributed by atoms with Crippen molar-refractivity contribution in [1.82, 2.24) is 0 Å². The van der Waals surface area contributed by atoms with Gasteiger partial charge in [-0.3, -0.25) is 4.79 Å². The molecule has 1 aliphatic rings. The van der Waals surface area contributed by atoms with Gasteiger partial charge in [0.25, 0.3) is 0 Å². The van der Waals surface area contributed by atoms with E-state index in [4.69, 9.17) is 0 Å². The van der Waals surface area contributed by atoms with Crippen molar-refractivity contribution in [2.45, 2.75) is 25.8 Å². The molecule has 80 valence electrons. The third kappa shape index (κ3) is 1.60. The van der Waals surface area contributed by atoms with Crippen molar-refractivity contribution < 1.29 is 13.6 Å². The minimum absolute atomic E-state index is 0.182. The Morgan fingerprint density at radius 3 is 2.93 bits per heavy atom. The van der Waals surface area contributed by atoms with Gasteiger partial charge in [-0.15, -0.1) is 0 Å². The molecule has 2 nitrogen and oxygen atoms in total. The van der Waals surface area contributed by atoms with E-state index in [1.807, 2.05) is 6.92 Å². The molecule has 1 aliphatic heterocycles. The first kappa shape index (κ1) is 10.1. The van der Waals surface area contributed by atoms with Crippen LogP contribution in [0.3, 0.4) is 0 Å². The molecule has 0 amide bonds. The number of anilines is 1. The standard InChI is InChI=1S/C11H11F2NO/c1-6-2-3-8-10(13)9(12)4-7(5-15)11(8)14-6/h4-6,14H,2-3H2,1H3. The molecule has 0 aromatic heterocycles. The van der Waals surface area contributed by atoms with Crippen LogP contribution in [-0.2, 0) is 6.42 Å². The second kappa shape index (κ2) is 3.61. The van der Waals surface area contributed by atoms with E-state index in [2.05, 4.69) is 5.32 Å². The number of fused-ring (bicyclic) bond motifs is 1. The molecule has 0 saturated heterocycles. The Labute approximate surface area is 86.3 Å². The van der Waals surface area contributed by atoms with Crippen LogP contribution < -0.4 is 5.32 Å². The van der Waals surface area contributed by atoms with Crippen molar-refractivity contribution in [3.05, 3.63) is 28.8 Å². The molecule has 0 saturated carbocycles. The van der Waals surface area contributed by atoms with E-state index in [0.29, 0.717) is 18.4 Å². The maximum absolute atomic E-state index is 13.4. The summed E-state index contributed by atoms with van der Waals surface area (Å²) >= 11 is 0. The maximum atomic E-state index is 13.4. The molecule has 0 bridgehead atoms. The van der Waals surface area contributed by atoms with Gasteiger partial charge in [0.1, 0.15) is 0 Å². The Balaban J connectivity index is 2.61. The van der Waals surface area contributed by atoms with Crippen molar-refractivity contribution in [2.75, 3.05) is 5.32 Å². The van der Waals surface area contributed by atoms with Gasteiger partial charge in [0.15, 0.2) is 17.9 Å². The predicted octanol–water partition coefficient (Wildman–Crippen LogP) is 2.52. The summed E-state index contributed by atoms with van der Waals surface area (Å²) < 4.78 is 26.5. The zero-order chi connectivity index (χ0) is 11.0. The molecule has 1 N–H and O–H groups in total. The Morgan fingerprint density at radius 1 is 1.53 bits per heavy atom. The van der Waals surface area contributed by atoms with E-state index in [1.165, 1.54) is 0 Å².